The van der Waals surface area contributed by atoms with E-state index in [-0.39, 0.29) is 11.5 Å². The van der Waals surface area contributed by atoms with Gasteiger partial charge in [0.1, 0.15) is 0 Å². The van der Waals surface area contributed by atoms with Gasteiger partial charge < -0.3 is 9.84 Å². The number of allylic oxidation sites excluding steroid dienone is 1. The quantitative estimate of drug-likeness (QED) is 0.854. The number of fused-ring (bicyclic) bond motifs is 1. The number of hydrogen-bond acceptors (Lipinski definition) is 4. The van der Waals surface area contributed by atoms with E-state index in [1.807, 2.05) is 24.3 Å². The first-order valence-electron chi connectivity index (χ1n) is 6.10. The number of carbonyl (C=O) groups is 1. The van der Waals surface area contributed by atoms with Gasteiger partial charge in [-0.15, -0.1) is 0 Å². The Kier molecular flexibility index (Phi) is 3.24. The van der Waals surface area contributed by atoms with Crippen molar-refractivity contribution in [3.8, 4) is 11.5 Å². The Labute approximate surface area is 120 Å². The number of carbonyl (C=O) groups excluding carboxylic acids is 1. The second kappa shape index (κ2) is 5.06. The molecule has 0 unspecified atom stereocenters. The van der Waals surface area contributed by atoms with Crippen molar-refractivity contribution in [2.24, 2.45) is 0 Å². The van der Waals surface area contributed by atoms with Crippen LogP contribution >= 0.6 is 11.8 Å². The molecule has 0 radical (unpaired) electrons. The third-order valence-corrected chi connectivity index (χ3v) is 4.21. The molecule has 20 heavy (non-hydrogen) atoms. The molecule has 0 saturated carbocycles. The summed E-state index contributed by atoms with van der Waals surface area (Å²) in [7, 11) is 1.50. The molecule has 1 N–H and O–H groups in total. The molecule has 0 fully saturated rings. The molecule has 0 bridgehead atoms. The highest BCUT2D eigenvalue weighted by atomic mass is 32.2. The molecule has 0 amide bonds. The number of ketones is 1. The number of benzene rings is 2. The molecule has 0 atom stereocenters. The van der Waals surface area contributed by atoms with Crippen LogP contribution in [0.2, 0.25) is 0 Å². The third-order valence-electron chi connectivity index (χ3n) is 3.11. The van der Waals surface area contributed by atoms with Crippen molar-refractivity contribution in [2.45, 2.75) is 4.90 Å². The number of phenolic OH excluding ortho intramolecular Hbond substituents is 1. The number of para-hydroxylation sites is 1. The van der Waals surface area contributed by atoms with Crippen LogP contribution in [0.5, 0.6) is 11.5 Å². The monoisotopic (exact) mass is 284 g/mol. The number of aromatic hydroxyl groups is 1. The molecule has 0 spiro atoms. The van der Waals surface area contributed by atoms with E-state index in [2.05, 4.69) is 0 Å². The maximum atomic E-state index is 12.3. The summed E-state index contributed by atoms with van der Waals surface area (Å²) in [6, 6.07) is 12.7. The van der Waals surface area contributed by atoms with E-state index < -0.39 is 0 Å². The number of methoxy groups -OCH3 is 1. The van der Waals surface area contributed by atoms with Crippen molar-refractivity contribution < 1.29 is 14.6 Å². The lowest BCUT2D eigenvalue weighted by Crippen LogP contribution is -1.94. The van der Waals surface area contributed by atoms with Crippen LogP contribution in [-0.4, -0.2) is 18.0 Å². The molecule has 2 aromatic rings. The Balaban J connectivity index is 2.02. The van der Waals surface area contributed by atoms with Gasteiger partial charge in [-0.2, -0.15) is 0 Å². The highest BCUT2D eigenvalue weighted by Crippen LogP contribution is 2.42. The number of phenols is 1. The predicted molar refractivity (Wildman–Crippen MR) is 79.3 cm³/mol. The Morgan fingerprint density at radius 3 is 2.70 bits per heavy atom. The molecule has 0 aliphatic carbocycles. The second-order valence-corrected chi connectivity index (χ2v) is 5.42. The zero-order chi connectivity index (χ0) is 14.1. The summed E-state index contributed by atoms with van der Waals surface area (Å²) in [5.41, 5.74) is 1.29. The Morgan fingerprint density at radius 1 is 1.15 bits per heavy atom. The van der Waals surface area contributed by atoms with Crippen LogP contribution in [0.3, 0.4) is 0 Å². The summed E-state index contributed by atoms with van der Waals surface area (Å²) in [5, 5.41) is 10.1. The summed E-state index contributed by atoms with van der Waals surface area (Å²) in [6.45, 7) is 0. The zero-order valence-corrected chi connectivity index (χ0v) is 11.6. The maximum Gasteiger partial charge on any atom is 0.200 e. The lowest BCUT2D eigenvalue weighted by molar-refractivity contribution is 0.104. The number of Topliss-reactive ketones (excluding diaryl/α,β-unsaturated/α-hetero) is 1. The van der Waals surface area contributed by atoms with E-state index in [9.17, 15) is 9.90 Å². The van der Waals surface area contributed by atoms with E-state index in [0.29, 0.717) is 21.8 Å². The number of hydrogen-bond donors (Lipinski definition) is 1. The Bertz CT molecular complexity index is 719. The minimum absolute atomic E-state index is 0.00665. The van der Waals surface area contributed by atoms with Crippen LogP contribution in [0, 0.1) is 0 Å². The van der Waals surface area contributed by atoms with Crippen LogP contribution < -0.4 is 4.74 Å². The van der Waals surface area contributed by atoms with Crippen LogP contribution in [0.25, 0.3) is 6.08 Å². The van der Waals surface area contributed by atoms with Crippen molar-refractivity contribution >= 4 is 23.6 Å². The summed E-state index contributed by atoms with van der Waals surface area (Å²) in [4.78, 5) is 13.8. The first kappa shape index (κ1) is 12.8. The predicted octanol–water partition coefficient (Wildman–Crippen LogP) is 3.73. The van der Waals surface area contributed by atoms with Gasteiger partial charge in [0.05, 0.1) is 12.0 Å². The van der Waals surface area contributed by atoms with Crippen LogP contribution in [-0.2, 0) is 0 Å². The lowest BCUT2D eigenvalue weighted by Gasteiger charge is -2.05. The fourth-order valence-electron chi connectivity index (χ4n) is 2.10. The fourth-order valence-corrected chi connectivity index (χ4v) is 3.14. The average molecular weight is 284 g/mol. The number of rotatable bonds is 2. The van der Waals surface area contributed by atoms with E-state index in [1.54, 1.807) is 24.3 Å². The molecule has 100 valence electrons. The molecule has 1 aliphatic heterocycles. The van der Waals surface area contributed by atoms with E-state index in [0.717, 1.165) is 4.90 Å². The van der Waals surface area contributed by atoms with Gasteiger partial charge >= 0.3 is 0 Å². The summed E-state index contributed by atoms with van der Waals surface area (Å²) in [5.74, 6) is 0.437. The summed E-state index contributed by atoms with van der Waals surface area (Å²) >= 11 is 1.42. The minimum atomic E-state index is -0.00665. The maximum absolute atomic E-state index is 12.3. The molecular weight excluding hydrogens is 272 g/mol. The van der Waals surface area contributed by atoms with Crippen molar-refractivity contribution in [1.82, 2.24) is 0 Å². The standard InChI is InChI=1S/C16H12O3S/c1-19-12-7-4-5-10(15(12)17)9-14-16(18)11-6-2-3-8-13(11)20-14/h2-9,17H,1H3/b14-9-. The number of ether oxygens (including phenoxy) is 1. The smallest absolute Gasteiger partial charge is 0.200 e. The molecule has 3 nitrogen and oxygen atoms in total. The van der Waals surface area contributed by atoms with Crippen molar-refractivity contribution in [3.05, 3.63) is 58.5 Å². The Hall–Kier alpha value is -2.20. The Morgan fingerprint density at radius 2 is 1.95 bits per heavy atom. The lowest BCUT2D eigenvalue weighted by atomic mass is 10.1. The van der Waals surface area contributed by atoms with Crippen LogP contribution in [0.1, 0.15) is 15.9 Å². The molecule has 2 aromatic carbocycles. The van der Waals surface area contributed by atoms with Crippen LogP contribution in [0.4, 0.5) is 0 Å². The molecule has 1 heterocycles. The normalized spacial score (nSPS) is 15.4. The van der Waals surface area contributed by atoms with Gasteiger partial charge in [-0.3, -0.25) is 4.79 Å². The highest BCUT2D eigenvalue weighted by Gasteiger charge is 2.25. The van der Waals surface area contributed by atoms with E-state index >= 15 is 0 Å². The topological polar surface area (TPSA) is 46.5 Å². The summed E-state index contributed by atoms with van der Waals surface area (Å²) < 4.78 is 5.07. The van der Waals surface area contributed by atoms with Gasteiger partial charge in [0, 0.05) is 16.0 Å². The molecular formula is C16H12O3S. The third kappa shape index (κ3) is 2.08. The first-order valence-corrected chi connectivity index (χ1v) is 6.91. The van der Waals surface area contributed by atoms with Crippen molar-refractivity contribution in [3.63, 3.8) is 0 Å². The minimum Gasteiger partial charge on any atom is -0.504 e. The fraction of sp³-hybridized carbons (Fsp3) is 0.0625. The van der Waals surface area contributed by atoms with Crippen molar-refractivity contribution in [2.75, 3.05) is 7.11 Å². The highest BCUT2D eigenvalue weighted by molar-refractivity contribution is 8.04. The molecule has 0 saturated heterocycles. The molecule has 3 rings (SSSR count). The molecule has 0 aromatic heterocycles. The first-order chi connectivity index (χ1) is 9.70. The van der Waals surface area contributed by atoms with Crippen LogP contribution in [0.15, 0.2) is 52.3 Å². The molecule has 4 heteroatoms. The van der Waals surface area contributed by atoms with E-state index in [1.165, 1.54) is 18.9 Å². The van der Waals surface area contributed by atoms with Crippen molar-refractivity contribution in [1.29, 1.82) is 0 Å². The number of thioether (sulfide) groups is 1. The largest absolute Gasteiger partial charge is 0.504 e. The van der Waals surface area contributed by atoms with E-state index in [4.69, 9.17) is 4.74 Å². The van der Waals surface area contributed by atoms with Gasteiger partial charge in [0.25, 0.3) is 0 Å². The second-order valence-electron chi connectivity index (χ2n) is 4.33. The van der Waals surface area contributed by atoms with Gasteiger partial charge in [-0.05, 0) is 24.3 Å². The SMILES string of the molecule is COc1cccc(/C=C2\Sc3ccccc3C2=O)c1O. The molecule has 1 aliphatic rings. The van der Waals surface area contributed by atoms with Gasteiger partial charge in [-0.25, -0.2) is 0 Å². The zero-order valence-electron chi connectivity index (χ0n) is 10.8. The van der Waals surface area contributed by atoms with Gasteiger partial charge in [0.2, 0.25) is 5.78 Å². The van der Waals surface area contributed by atoms with Gasteiger partial charge in [0.15, 0.2) is 11.5 Å². The average Bonchev–Trinajstić information content (AvgIpc) is 2.78. The van der Waals surface area contributed by atoms with Gasteiger partial charge in [-0.1, -0.05) is 36.0 Å². The summed E-state index contributed by atoms with van der Waals surface area (Å²) in [6.07, 6.45) is 1.70.